The summed E-state index contributed by atoms with van der Waals surface area (Å²) in [7, 11) is 0. The van der Waals surface area contributed by atoms with Gasteiger partial charge in [-0.2, -0.15) is 11.8 Å². The number of hydrogen-bond acceptors (Lipinski definition) is 5. The van der Waals surface area contributed by atoms with E-state index in [9.17, 15) is 18.0 Å². The number of pyridine rings is 1. The summed E-state index contributed by atoms with van der Waals surface area (Å²) in [6, 6.07) is 8.70. The van der Waals surface area contributed by atoms with Gasteiger partial charge >= 0.3 is 6.36 Å². The van der Waals surface area contributed by atoms with Gasteiger partial charge in [-0.1, -0.05) is 18.2 Å². The molecule has 9 heteroatoms. The van der Waals surface area contributed by atoms with E-state index in [2.05, 4.69) is 15.0 Å². The number of hydrogen-bond donors (Lipinski definition) is 1. The Kier molecular flexibility index (Phi) is 6.10. The van der Waals surface area contributed by atoms with Gasteiger partial charge in [0.2, 0.25) is 5.88 Å². The first-order chi connectivity index (χ1) is 12.9. The van der Waals surface area contributed by atoms with Crippen molar-refractivity contribution in [3.05, 3.63) is 53.7 Å². The maximum Gasteiger partial charge on any atom is 0.573 e. The fourth-order valence-corrected chi connectivity index (χ4v) is 3.64. The number of alkyl halides is 3. The van der Waals surface area contributed by atoms with E-state index in [4.69, 9.17) is 4.74 Å². The quantitative estimate of drug-likeness (QED) is 0.802. The van der Waals surface area contributed by atoms with E-state index in [-0.39, 0.29) is 24.0 Å². The lowest BCUT2D eigenvalue weighted by Crippen LogP contribution is -2.24. The van der Waals surface area contributed by atoms with Crippen LogP contribution in [0.5, 0.6) is 11.6 Å². The van der Waals surface area contributed by atoms with Gasteiger partial charge in [0.15, 0.2) is 0 Å². The van der Waals surface area contributed by atoms with Crippen molar-refractivity contribution >= 4 is 17.7 Å². The Hall–Kier alpha value is -2.42. The Morgan fingerprint density at radius 3 is 2.85 bits per heavy atom. The predicted octanol–water partition coefficient (Wildman–Crippen LogP) is 3.79. The molecule has 1 fully saturated rings. The molecule has 144 valence electrons. The molecule has 3 rings (SSSR count). The number of nitrogens with one attached hydrogen (secondary N) is 1. The van der Waals surface area contributed by atoms with E-state index in [1.807, 2.05) is 0 Å². The third-order valence-corrected chi connectivity index (χ3v) is 4.94. The molecule has 0 aliphatic carbocycles. The summed E-state index contributed by atoms with van der Waals surface area (Å²) in [5.41, 5.74) is 0.538. The van der Waals surface area contributed by atoms with Crippen molar-refractivity contribution in [1.29, 1.82) is 0 Å². The third-order valence-electron chi connectivity index (χ3n) is 3.81. The van der Waals surface area contributed by atoms with Crippen molar-refractivity contribution in [2.45, 2.75) is 25.4 Å². The zero-order chi connectivity index (χ0) is 19.3. The number of amides is 1. The summed E-state index contributed by atoms with van der Waals surface area (Å²) < 4.78 is 47.1. The molecular weight excluding hydrogens is 381 g/mol. The molecule has 1 aliphatic rings. The molecule has 1 aromatic carbocycles. The summed E-state index contributed by atoms with van der Waals surface area (Å²) in [6.07, 6.45) is -2.32. The molecule has 0 bridgehead atoms. The molecule has 1 unspecified atom stereocenters. The van der Waals surface area contributed by atoms with Crippen LogP contribution in [0.2, 0.25) is 0 Å². The average molecular weight is 398 g/mol. The van der Waals surface area contributed by atoms with Crippen LogP contribution < -0.4 is 14.8 Å². The number of para-hydroxylation sites is 1. The Morgan fingerprint density at radius 2 is 2.11 bits per heavy atom. The zero-order valence-corrected chi connectivity index (χ0v) is 15.0. The normalized spacial score (nSPS) is 16.8. The minimum atomic E-state index is -4.80. The van der Waals surface area contributed by atoms with E-state index < -0.39 is 12.3 Å². The Labute approximate surface area is 158 Å². The molecule has 5 nitrogen and oxygen atoms in total. The topological polar surface area (TPSA) is 60.5 Å². The molecule has 1 amide bonds. The van der Waals surface area contributed by atoms with Crippen molar-refractivity contribution in [3.63, 3.8) is 0 Å². The standard InChI is InChI=1S/C18H17F3N2O3S/c19-18(20,21)26-15-4-2-1-3-13(15)10-23-17(24)12-5-7-22-16(9-12)25-14-6-8-27-11-14/h1-5,7,9,14H,6,8,10-11H2,(H,23,24). The van der Waals surface area contributed by atoms with Crippen LogP contribution >= 0.6 is 11.8 Å². The number of ether oxygens (including phenoxy) is 2. The third kappa shape index (κ3) is 5.78. The van der Waals surface area contributed by atoms with Crippen molar-refractivity contribution in [2.24, 2.45) is 0 Å². The molecule has 0 radical (unpaired) electrons. The lowest BCUT2D eigenvalue weighted by Gasteiger charge is -2.14. The highest BCUT2D eigenvalue weighted by molar-refractivity contribution is 7.99. The number of benzene rings is 1. The van der Waals surface area contributed by atoms with Crippen LogP contribution in [0.15, 0.2) is 42.6 Å². The van der Waals surface area contributed by atoms with E-state index in [1.54, 1.807) is 17.8 Å². The number of rotatable bonds is 6. The summed E-state index contributed by atoms with van der Waals surface area (Å²) in [5, 5.41) is 2.59. The van der Waals surface area contributed by atoms with Crippen LogP contribution in [0, 0.1) is 0 Å². The Bertz CT molecular complexity index is 795. The van der Waals surface area contributed by atoms with Gasteiger partial charge in [0.05, 0.1) is 0 Å². The van der Waals surface area contributed by atoms with Crippen molar-refractivity contribution in [2.75, 3.05) is 11.5 Å². The maximum absolute atomic E-state index is 12.5. The van der Waals surface area contributed by atoms with E-state index in [1.165, 1.54) is 36.5 Å². The summed E-state index contributed by atoms with van der Waals surface area (Å²) in [6.45, 7) is -0.108. The average Bonchev–Trinajstić information content (AvgIpc) is 3.12. The van der Waals surface area contributed by atoms with Crippen molar-refractivity contribution < 1.29 is 27.4 Å². The van der Waals surface area contributed by atoms with Gasteiger partial charge in [-0.3, -0.25) is 4.79 Å². The number of nitrogens with zero attached hydrogens (tertiary/aromatic N) is 1. The van der Waals surface area contributed by atoms with Crippen LogP contribution in [-0.4, -0.2) is 34.9 Å². The lowest BCUT2D eigenvalue weighted by molar-refractivity contribution is -0.274. The summed E-state index contributed by atoms with van der Waals surface area (Å²) in [4.78, 5) is 16.4. The maximum atomic E-state index is 12.5. The molecule has 0 spiro atoms. The van der Waals surface area contributed by atoms with Gasteiger partial charge in [0.1, 0.15) is 11.9 Å². The Balaban J connectivity index is 1.63. The van der Waals surface area contributed by atoms with Gasteiger partial charge in [0, 0.05) is 35.7 Å². The smallest absolute Gasteiger partial charge is 0.473 e. The first kappa shape index (κ1) is 19.3. The van der Waals surface area contributed by atoms with Crippen molar-refractivity contribution in [1.82, 2.24) is 10.3 Å². The van der Waals surface area contributed by atoms with Crippen LogP contribution in [0.3, 0.4) is 0 Å². The summed E-state index contributed by atoms with van der Waals surface area (Å²) >= 11 is 1.80. The molecule has 2 heterocycles. The van der Waals surface area contributed by atoms with E-state index in [0.717, 1.165) is 17.9 Å². The first-order valence-electron chi connectivity index (χ1n) is 8.23. The molecule has 1 saturated heterocycles. The lowest BCUT2D eigenvalue weighted by atomic mass is 10.2. The Morgan fingerprint density at radius 1 is 1.30 bits per heavy atom. The van der Waals surface area contributed by atoms with Crippen LogP contribution in [0.4, 0.5) is 13.2 Å². The molecule has 27 heavy (non-hydrogen) atoms. The monoisotopic (exact) mass is 398 g/mol. The molecule has 1 N–H and O–H groups in total. The molecular formula is C18H17F3N2O3S. The summed E-state index contributed by atoms with van der Waals surface area (Å²) in [5.74, 6) is 1.49. The van der Waals surface area contributed by atoms with Crippen LogP contribution in [0.25, 0.3) is 0 Å². The van der Waals surface area contributed by atoms with Crippen LogP contribution in [0.1, 0.15) is 22.3 Å². The second-order valence-electron chi connectivity index (χ2n) is 5.82. The molecule has 2 aromatic rings. The van der Waals surface area contributed by atoms with Gasteiger partial charge < -0.3 is 14.8 Å². The second kappa shape index (κ2) is 8.51. The van der Waals surface area contributed by atoms with Gasteiger partial charge in [-0.05, 0) is 24.3 Å². The SMILES string of the molecule is O=C(NCc1ccccc1OC(F)(F)F)c1ccnc(OC2CCSC2)c1. The fraction of sp³-hybridized carbons (Fsp3) is 0.333. The predicted molar refractivity (Wildman–Crippen MR) is 94.9 cm³/mol. The highest BCUT2D eigenvalue weighted by Gasteiger charge is 2.32. The van der Waals surface area contributed by atoms with Gasteiger partial charge in [-0.25, -0.2) is 4.98 Å². The number of carbonyl (C=O) groups excluding carboxylic acids is 1. The molecule has 1 aliphatic heterocycles. The van der Waals surface area contributed by atoms with E-state index in [0.29, 0.717) is 11.4 Å². The fourth-order valence-electron chi connectivity index (χ4n) is 2.54. The molecule has 1 atom stereocenters. The number of aromatic nitrogens is 1. The number of thioether (sulfide) groups is 1. The highest BCUT2D eigenvalue weighted by atomic mass is 32.2. The largest absolute Gasteiger partial charge is 0.573 e. The van der Waals surface area contributed by atoms with Crippen molar-refractivity contribution in [3.8, 4) is 11.6 Å². The molecule has 0 saturated carbocycles. The first-order valence-corrected chi connectivity index (χ1v) is 9.38. The number of halogens is 3. The highest BCUT2D eigenvalue weighted by Crippen LogP contribution is 2.26. The minimum Gasteiger partial charge on any atom is -0.473 e. The van der Waals surface area contributed by atoms with Gasteiger partial charge in [0.25, 0.3) is 5.91 Å². The molecule has 1 aromatic heterocycles. The van der Waals surface area contributed by atoms with Gasteiger partial charge in [-0.15, -0.1) is 13.2 Å². The van der Waals surface area contributed by atoms with E-state index >= 15 is 0 Å². The zero-order valence-electron chi connectivity index (χ0n) is 14.2. The second-order valence-corrected chi connectivity index (χ2v) is 6.97. The van der Waals surface area contributed by atoms with Crippen LogP contribution in [-0.2, 0) is 6.54 Å². The minimum absolute atomic E-state index is 0.0761. The number of carbonyl (C=O) groups is 1.